The third-order valence-electron chi connectivity index (χ3n) is 5.61. The number of carbonyl (C=O) groups excluding carboxylic acids is 1. The highest BCUT2D eigenvalue weighted by Gasteiger charge is 2.27. The molecule has 0 aromatic heterocycles. The van der Waals surface area contributed by atoms with Gasteiger partial charge in [-0.05, 0) is 37.4 Å². The molecule has 27 heavy (non-hydrogen) atoms. The number of hydrogen-bond donors (Lipinski definition) is 3. The van der Waals surface area contributed by atoms with E-state index in [0.29, 0.717) is 25.6 Å². The van der Waals surface area contributed by atoms with Crippen molar-refractivity contribution in [2.75, 3.05) is 13.6 Å². The molecular formula is C20H33Cl2N3O2. The summed E-state index contributed by atoms with van der Waals surface area (Å²) in [5, 5.41) is 15.6. The van der Waals surface area contributed by atoms with Gasteiger partial charge in [0.1, 0.15) is 0 Å². The van der Waals surface area contributed by atoms with Crippen LogP contribution in [0.2, 0.25) is 0 Å². The molecule has 1 aliphatic heterocycles. The Bertz CT molecular complexity index is 582. The van der Waals surface area contributed by atoms with Gasteiger partial charge >= 0.3 is 0 Å². The molecule has 1 aromatic carbocycles. The van der Waals surface area contributed by atoms with Gasteiger partial charge in [-0.2, -0.15) is 0 Å². The van der Waals surface area contributed by atoms with Crippen molar-refractivity contribution in [1.82, 2.24) is 15.5 Å². The summed E-state index contributed by atoms with van der Waals surface area (Å²) < 4.78 is 0. The molecule has 1 saturated heterocycles. The standard InChI is InChI=1S/C20H31N3O2.2ClH/c1-23(17-9-3-2-4-10-17)14-16-8-6-5-7-15(16)12-22-20(25)19-11-18(24)13-21-19;;/h5-8,17-19,21,24H,2-4,9-14H2,1H3,(H,22,25);2*1H. The average Bonchev–Trinajstić information content (AvgIpc) is 3.08. The first-order valence-electron chi connectivity index (χ1n) is 9.59. The Labute approximate surface area is 175 Å². The maximum absolute atomic E-state index is 12.2. The van der Waals surface area contributed by atoms with Crippen LogP contribution in [0.4, 0.5) is 0 Å². The lowest BCUT2D eigenvalue weighted by Gasteiger charge is -2.31. The van der Waals surface area contributed by atoms with Crippen molar-refractivity contribution < 1.29 is 9.90 Å². The number of halogens is 2. The molecule has 154 valence electrons. The summed E-state index contributed by atoms with van der Waals surface area (Å²) in [6, 6.07) is 8.78. The predicted molar refractivity (Wildman–Crippen MR) is 114 cm³/mol. The molecular weight excluding hydrogens is 385 g/mol. The molecule has 1 aromatic rings. The molecule has 2 atom stereocenters. The second-order valence-corrected chi connectivity index (χ2v) is 7.54. The van der Waals surface area contributed by atoms with Gasteiger partial charge in [0.25, 0.3) is 0 Å². The Kier molecular flexibility index (Phi) is 10.6. The summed E-state index contributed by atoms with van der Waals surface area (Å²) >= 11 is 0. The molecule has 2 fully saturated rings. The highest BCUT2D eigenvalue weighted by atomic mass is 35.5. The number of nitrogens with one attached hydrogen (secondary N) is 2. The number of benzene rings is 1. The van der Waals surface area contributed by atoms with Crippen molar-refractivity contribution in [3.63, 3.8) is 0 Å². The largest absolute Gasteiger partial charge is 0.392 e. The molecule has 2 aliphatic rings. The van der Waals surface area contributed by atoms with E-state index in [1.54, 1.807) is 0 Å². The second-order valence-electron chi connectivity index (χ2n) is 7.54. The maximum atomic E-state index is 12.2. The van der Waals surface area contributed by atoms with Crippen LogP contribution in [0.15, 0.2) is 24.3 Å². The van der Waals surface area contributed by atoms with Gasteiger partial charge in [-0.25, -0.2) is 0 Å². The van der Waals surface area contributed by atoms with Crippen LogP contribution in [0.5, 0.6) is 0 Å². The Morgan fingerprint density at radius 3 is 2.48 bits per heavy atom. The van der Waals surface area contributed by atoms with E-state index in [4.69, 9.17) is 0 Å². The molecule has 1 saturated carbocycles. The van der Waals surface area contributed by atoms with Crippen LogP contribution in [-0.2, 0) is 17.9 Å². The molecule has 1 aliphatic carbocycles. The number of carbonyl (C=O) groups is 1. The van der Waals surface area contributed by atoms with Crippen molar-refractivity contribution in [1.29, 1.82) is 0 Å². The number of aliphatic hydroxyl groups excluding tert-OH is 1. The first kappa shape index (κ1) is 24.2. The van der Waals surface area contributed by atoms with Crippen molar-refractivity contribution in [2.45, 2.75) is 69.8 Å². The van der Waals surface area contributed by atoms with Gasteiger partial charge in [0.2, 0.25) is 5.91 Å². The molecule has 0 radical (unpaired) electrons. The van der Waals surface area contributed by atoms with E-state index < -0.39 is 6.10 Å². The highest BCUT2D eigenvalue weighted by Crippen LogP contribution is 2.23. The number of aliphatic hydroxyl groups is 1. The fourth-order valence-corrected chi connectivity index (χ4v) is 4.03. The van der Waals surface area contributed by atoms with E-state index in [0.717, 1.165) is 6.54 Å². The van der Waals surface area contributed by atoms with Crippen LogP contribution in [0.3, 0.4) is 0 Å². The van der Waals surface area contributed by atoms with E-state index in [-0.39, 0.29) is 36.8 Å². The molecule has 7 heteroatoms. The Morgan fingerprint density at radius 1 is 1.19 bits per heavy atom. The van der Waals surface area contributed by atoms with E-state index in [2.05, 4.69) is 40.8 Å². The summed E-state index contributed by atoms with van der Waals surface area (Å²) in [5.41, 5.74) is 2.47. The van der Waals surface area contributed by atoms with Crippen LogP contribution in [0, 0.1) is 0 Å². The molecule has 0 spiro atoms. The van der Waals surface area contributed by atoms with Crippen LogP contribution in [0.1, 0.15) is 49.7 Å². The van der Waals surface area contributed by atoms with Gasteiger partial charge in [-0.3, -0.25) is 9.69 Å². The zero-order valence-electron chi connectivity index (χ0n) is 16.0. The zero-order chi connectivity index (χ0) is 17.6. The van der Waals surface area contributed by atoms with Gasteiger partial charge in [0.05, 0.1) is 12.1 Å². The predicted octanol–water partition coefficient (Wildman–Crippen LogP) is 2.63. The number of hydrogen-bond acceptors (Lipinski definition) is 4. The van der Waals surface area contributed by atoms with Crippen LogP contribution in [-0.4, -0.2) is 47.7 Å². The summed E-state index contributed by atoms with van der Waals surface area (Å²) in [7, 11) is 2.22. The average molecular weight is 418 g/mol. The van der Waals surface area contributed by atoms with E-state index in [9.17, 15) is 9.90 Å². The first-order valence-corrected chi connectivity index (χ1v) is 9.59. The number of β-amino-alcohol motifs (C(OH)–C–C–N with tert-alkyl or cyclic N) is 1. The van der Waals surface area contributed by atoms with E-state index in [1.165, 1.54) is 43.2 Å². The lowest BCUT2D eigenvalue weighted by Crippen LogP contribution is -2.40. The summed E-state index contributed by atoms with van der Waals surface area (Å²) in [6.07, 6.45) is 6.73. The Morgan fingerprint density at radius 2 is 1.85 bits per heavy atom. The fraction of sp³-hybridized carbons (Fsp3) is 0.650. The lowest BCUT2D eigenvalue weighted by molar-refractivity contribution is -0.123. The lowest BCUT2D eigenvalue weighted by atomic mass is 9.94. The first-order chi connectivity index (χ1) is 12.1. The fourth-order valence-electron chi connectivity index (χ4n) is 4.03. The molecule has 5 nitrogen and oxygen atoms in total. The van der Waals surface area contributed by atoms with E-state index >= 15 is 0 Å². The Balaban J connectivity index is 0.00000182. The molecule has 1 heterocycles. The van der Waals surface area contributed by atoms with Gasteiger partial charge < -0.3 is 15.7 Å². The molecule has 1 amide bonds. The zero-order valence-corrected chi connectivity index (χ0v) is 17.7. The molecule has 0 bridgehead atoms. The molecule has 3 rings (SSSR count). The van der Waals surface area contributed by atoms with Crippen LogP contribution >= 0.6 is 24.8 Å². The van der Waals surface area contributed by atoms with Gasteiger partial charge in [0.15, 0.2) is 0 Å². The van der Waals surface area contributed by atoms with Crippen molar-refractivity contribution >= 4 is 30.7 Å². The molecule has 2 unspecified atom stereocenters. The van der Waals surface area contributed by atoms with Crippen molar-refractivity contribution in [2.24, 2.45) is 0 Å². The summed E-state index contributed by atoms with van der Waals surface area (Å²) in [4.78, 5) is 14.7. The normalized spacial score (nSPS) is 22.8. The van der Waals surface area contributed by atoms with E-state index in [1.807, 2.05) is 6.07 Å². The minimum Gasteiger partial charge on any atom is -0.392 e. The van der Waals surface area contributed by atoms with Crippen LogP contribution < -0.4 is 10.6 Å². The summed E-state index contributed by atoms with van der Waals surface area (Å²) in [6.45, 7) is 1.97. The second kappa shape index (κ2) is 11.9. The highest BCUT2D eigenvalue weighted by molar-refractivity contribution is 5.85. The smallest absolute Gasteiger partial charge is 0.237 e. The third-order valence-corrected chi connectivity index (χ3v) is 5.61. The van der Waals surface area contributed by atoms with Crippen LogP contribution in [0.25, 0.3) is 0 Å². The van der Waals surface area contributed by atoms with Gasteiger partial charge in [0, 0.05) is 25.7 Å². The van der Waals surface area contributed by atoms with Crippen molar-refractivity contribution in [3.05, 3.63) is 35.4 Å². The monoisotopic (exact) mass is 417 g/mol. The molecule has 3 N–H and O–H groups in total. The maximum Gasteiger partial charge on any atom is 0.237 e. The summed E-state index contributed by atoms with van der Waals surface area (Å²) in [5.74, 6) is -0.0213. The minimum absolute atomic E-state index is 0. The SMILES string of the molecule is CN(Cc1ccccc1CNC(=O)C1CC(O)CN1)C1CCCCC1.Cl.Cl. The number of nitrogens with zero attached hydrogens (tertiary/aromatic N) is 1. The minimum atomic E-state index is -0.410. The third kappa shape index (κ3) is 6.91. The Hall–Kier alpha value is -0.850. The number of amides is 1. The number of rotatable bonds is 6. The van der Waals surface area contributed by atoms with Crippen molar-refractivity contribution in [3.8, 4) is 0 Å². The van der Waals surface area contributed by atoms with Gasteiger partial charge in [-0.15, -0.1) is 24.8 Å². The van der Waals surface area contributed by atoms with Gasteiger partial charge in [-0.1, -0.05) is 43.5 Å². The quantitative estimate of drug-likeness (QED) is 0.665. The topological polar surface area (TPSA) is 64.6 Å².